The van der Waals surface area contributed by atoms with Gasteiger partial charge in [-0.3, -0.25) is 13.9 Å². The lowest BCUT2D eigenvalue weighted by Crippen LogP contribution is -2.52. The summed E-state index contributed by atoms with van der Waals surface area (Å²) in [5, 5.41) is 2.86. The van der Waals surface area contributed by atoms with Crippen molar-refractivity contribution in [3.05, 3.63) is 96.1 Å². The molecule has 0 fully saturated rings. The van der Waals surface area contributed by atoms with Gasteiger partial charge in [-0.1, -0.05) is 74.5 Å². The van der Waals surface area contributed by atoms with Crippen LogP contribution in [-0.2, 0) is 26.2 Å². The maximum Gasteiger partial charge on any atom is 0.264 e. The highest BCUT2D eigenvalue weighted by Gasteiger charge is 2.32. The molecule has 3 aromatic rings. The van der Waals surface area contributed by atoms with Crippen molar-refractivity contribution >= 4 is 27.5 Å². The Morgan fingerprint density at radius 3 is 1.87 bits per heavy atom. The maximum absolute atomic E-state index is 13.9. The Morgan fingerprint density at radius 2 is 1.34 bits per heavy atom. The van der Waals surface area contributed by atoms with Gasteiger partial charge in [-0.15, -0.1) is 0 Å². The van der Waals surface area contributed by atoms with Gasteiger partial charge >= 0.3 is 0 Å². The van der Waals surface area contributed by atoms with E-state index in [2.05, 4.69) is 19.2 Å². The largest absolute Gasteiger partial charge is 0.352 e. The van der Waals surface area contributed by atoms with Crippen LogP contribution in [0.2, 0.25) is 0 Å². The molecule has 8 heteroatoms. The van der Waals surface area contributed by atoms with E-state index in [-0.39, 0.29) is 29.3 Å². The second-order valence-electron chi connectivity index (χ2n) is 9.92. The van der Waals surface area contributed by atoms with E-state index in [0.717, 1.165) is 15.4 Å². The van der Waals surface area contributed by atoms with E-state index >= 15 is 0 Å². The monoisotopic (exact) mass is 535 g/mol. The number of carbonyl (C=O) groups is 2. The first-order valence-corrected chi connectivity index (χ1v) is 14.3. The molecule has 0 aliphatic rings. The van der Waals surface area contributed by atoms with Crippen LogP contribution in [0.25, 0.3) is 0 Å². The lowest BCUT2D eigenvalue weighted by molar-refractivity contribution is -0.139. The fraction of sp³-hybridized carbons (Fsp3) is 0.333. The molecule has 3 rings (SSSR count). The molecule has 0 radical (unpaired) electrons. The van der Waals surface area contributed by atoms with Crippen molar-refractivity contribution in [2.45, 2.75) is 64.1 Å². The fourth-order valence-electron chi connectivity index (χ4n) is 4.04. The Bertz CT molecular complexity index is 1310. The van der Waals surface area contributed by atoms with Crippen molar-refractivity contribution in [3.63, 3.8) is 0 Å². The standard InChI is InChI=1S/C30H37N3O4S/c1-22(2)26-16-18-27(19-17-26)33(38(36,37)28-14-10-7-11-15-28)21-29(34)32(20-25-12-8-6-9-13-25)24(5)30(35)31-23(3)4/h6-19,22-24H,20-21H2,1-5H3,(H,31,35)/t24-/m0/s1. The number of hydrogen-bond acceptors (Lipinski definition) is 4. The number of anilines is 1. The minimum absolute atomic E-state index is 0.0842. The minimum Gasteiger partial charge on any atom is -0.352 e. The minimum atomic E-state index is -4.07. The summed E-state index contributed by atoms with van der Waals surface area (Å²) in [7, 11) is -4.07. The molecule has 0 saturated carbocycles. The summed E-state index contributed by atoms with van der Waals surface area (Å²) in [6, 6.07) is 23.7. The van der Waals surface area contributed by atoms with Gasteiger partial charge in [0.15, 0.2) is 0 Å². The molecule has 202 valence electrons. The number of rotatable bonds is 11. The van der Waals surface area contributed by atoms with Gasteiger partial charge in [0.2, 0.25) is 11.8 Å². The van der Waals surface area contributed by atoms with Crippen LogP contribution in [0.4, 0.5) is 5.69 Å². The maximum atomic E-state index is 13.9. The van der Waals surface area contributed by atoms with Crippen LogP contribution in [0.15, 0.2) is 89.8 Å². The quantitative estimate of drug-likeness (QED) is 0.377. The van der Waals surface area contributed by atoms with Gasteiger partial charge in [-0.2, -0.15) is 0 Å². The second-order valence-corrected chi connectivity index (χ2v) is 11.8. The van der Waals surface area contributed by atoms with E-state index in [1.54, 1.807) is 37.3 Å². The predicted octanol–water partition coefficient (Wildman–Crippen LogP) is 4.95. The SMILES string of the molecule is CC(C)NC(=O)[C@H](C)N(Cc1ccccc1)C(=O)CN(c1ccc(C(C)C)cc1)S(=O)(=O)c1ccccc1. The molecule has 1 N–H and O–H groups in total. The molecule has 0 aliphatic heterocycles. The van der Waals surface area contributed by atoms with Crippen LogP contribution >= 0.6 is 0 Å². The third-order valence-corrected chi connectivity index (χ3v) is 8.04. The van der Waals surface area contributed by atoms with Crippen molar-refractivity contribution < 1.29 is 18.0 Å². The number of sulfonamides is 1. The summed E-state index contributed by atoms with van der Waals surface area (Å²) in [6.45, 7) is 9.18. The van der Waals surface area contributed by atoms with E-state index in [4.69, 9.17) is 0 Å². The van der Waals surface area contributed by atoms with Gasteiger partial charge in [0, 0.05) is 12.6 Å². The third kappa shape index (κ3) is 7.22. The van der Waals surface area contributed by atoms with Gasteiger partial charge in [-0.25, -0.2) is 8.42 Å². The predicted molar refractivity (Wildman–Crippen MR) is 151 cm³/mol. The molecule has 0 aromatic heterocycles. The number of carbonyl (C=O) groups excluding carboxylic acids is 2. The third-order valence-electron chi connectivity index (χ3n) is 6.25. The first-order chi connectivity index (χ1) is 18.0. The Labute approximate surface area is 226 Å². The molecule has 1 atom stereocenters. The zero-order valence-electron chi connectivity index (χ0n) is 22.7. The molecule has 0 heterocycles. The lowest BCUT2D eigenvalue weighted by Gasteiger charge is -2.32. The summed E-state index contributed by atoms with van der Waals surface area (Å²) in [4.78, 5) is 28.3. The highest BCUT2D eigenvalue weighted by atomic mass is 32.2. The van der Waals surface area contributed by atoms with Crippen LogP contribution < -0.4 is 9.62 Å². The summed E-state index contributed by atoms with van der Waals surface area (Å²) >= 11 is 0. The first-order valence-electron chi connectivity index (χ1n) is 12.8. The molecule has 3 aromatic carbocycles. The summed E-state index contributed by atoms with van der Waals surface area (Å²) < 4.78 is 28.7. The van der Waals surface area contributed by atoms with E-state index in [1.165, 1.54) is 17.0 Å². The first kappa shape index (κ1) is 28.9. The molecule has 0 spiro atoms. The second kappa shape index (κ2) is 12.7. The van der Waals surface area contributed by atoms with Crippen LogP contribution in [0.5, 0.6) is 0 Å². The van der Waals surface area contributed by atoms with Gasteiger partial charge in [-0.05, 0) is 62.1 Å². The molecular formula is C30H37N3O4S. The zero-order valence-corrected chi connectivity index (χ0v) is 23.5. The Morgan fingerprint density at radius 1 is 0.789 bits per heavy atom. The molecule has 0 bridgehead atoms. The van der Waals surface area contributed by atoms with Gasteiger partial charge < -0.3 is 10.2 Å². The Kier molecular flexibility index (Phi) is 9.69. The van der Waals surface area contributed by atoms with E-state index in [9.17, 15) is 18.0 Å². The van der Waals surface area contributed by atoms with E-state index < -0.39 is 28.5 Å². The highest BCUT2D eigenvalue weighted by molar-refractivity contribution is 7.92. The molecular weight excluding hydrogens is 498 g/mol. The molecule has 0 saturated heterocycles. The van der Waals surface area contributed by atoms with Gasteiger partial charge in [0.25, 0.3) is 10.0 Å². The molecule has 0 aliphatic carbocycles. The Hall–Kier alpha value is -3.65. The average Bonchev–Trinajstić information content (AvgIpc) is 2.90. The van der Waals surface area contributed by atoms with Gasteiger partial charge in [0.1, 0.15) is 12.6 Å². The van der Waals surface area contributed by atoms with Crippen molar-refractivity contribution in [2.75, 3.05) is 10.8 Å². The summed E-state index contributed by atoms with van der Waals surface area (Å²) in [5.41, 5.74) is 2.27. The highest BCUT2D eigenvalue weighted by Crippen LogP contribution is 2.26. The normalized spacial score (nSPS) is 12.3. The van der Waals surface area contributed by atoms with Crippen molar-refractivity contribution in [1.82, 2.24) is 10.2 Å². The lowest BCUT2D eigenvalue weighted by atomic mass is 10.0. The zero-order chi connectivity index (χ0) is 27.9. The van der Waals surface area contributed by atoms with Crippen LogP contribution in [-0.4, -0.2) is 43.8 Å². The topological polar surface area (TPSA) is 86.8 Å². The molecule has 0 unspecified atom stereocenters. The average molecular weight is 536 g/mol. The molecule has 2 amide bonds. The Balaban J connectivity index is 2.02. The van der Waals surface area contributed by atoms with Crippen molar-refractivity contribution in [3.8, 4) is 0 Å². The number of benzene rings is 3. The summed E-state index contributed by atoms with van der Waals surface area (Å²) in [5.74, 6) is -0.512. The van der Waals surface area contributed by atoms with Crippen LogP contribution in [0.1, 0.15) is 51.7 Å². The fourth-order valence-corrected chi connectivity index (χ4v) is 5.48. The van der Waals surface area contributed by atoms with Crippen LogP contribution in [0, 0.1) is 0 Å². The molecule has 7 nitrogen and oxygen atoms in total. The number of hydrogen-bond donors (Lipinski definition) is 1. The summed E-state index contributed by atoms with van der Waals surface area (Å²) in [6.07, 6.45) is 0. The smallest absolute Gasteiger partial charge is 0.264 e. The van der Waals surface area contributed by atoms with E-state index in [0.29, 0.717) is 5.69 Å². The van der Waals surface area contributed by atoms with E-state index in [1.807, 2.05) is 56.3 Å². The number of nitrogens with zero attached hydrogens (tertiary/aromatic N) is 2. The molecule has 38 heavy (non-hydrogen) atoms. The van der Waals surface area contributed by atoms with Gasteiger partial charge in [0.05, 0.1) is 10.6 Å². The number of nitrogens with one attached hydrogen (secondary N) is 1. The number of amides is 2. The van der Waals surface area contributed by atoms with Crippen molar-refractivity contribution in [2.24, 2.45) is 0 Å². The van der Waals surface area contributed by atoms with Crippen molar-refractivity contribution in [1.29, 1.82) is 0 Å². The van der Waals surface area contributed by atoms with Crippen LogP contribution in [0.3, 0.4) is 0 Å².